The molecule has 0 N–H and O–H groups in total. The Kier molecular flexibility index (Phi) is 6.76. The molecule has 0 radical (unpaired) electrons. The van der Waals surface area contributed by atoms with Crippen molar-refractivity contribution in [3.63, 3.8) is 0 Å². The van der Waals surface area contributed by atoms with Crippen LogP contribution in [0.1, 0.15) is 13.8 Å². The van der Waals surface area contributed by atoms with Crippen LogP contribution >= 0.6 is 0 Å². The van der Waals surface area contributed by atoms with Gasteiger partial charge in [0, 0.05) is 13.2 Å². The Bertz CT molecular complexity index is 164. The molecular formula is C9H18O3Si. The molecule has 0 rings (SSSR count). The summed E-state index contributed by atoms with van der Waals surface area (Å²) in [6.45, 7) is 10.3. The maximum absolute atomic E-state index is 11.3. The van der Waals surface area contributed by atoms with Crippen LogP contribution in [0, 0.1) is 0 Å². The molecule has 13 heavy (non-hydrogen) atoms. The third-order valence-corrected chi connectivity index (χ3v) is 4.05. The quantitative estimate of drug-likeness (QED) is 0.352. The van der Waals surface area contributed by atoms with Crippen molar-refractivity contribution in [3.8, 4) is 0 Å². The fourth-order valence-corrected chi connectivity index (χ4v) is 2.59. The van der Waals surface area contributed by atoms with Gasteiger partial charge in [0.2, 0.25) is 0 Å². The van der Waals surface area contributed by atoms with Gasteiger partial charge in [-0.25, -0.2) is 0 Å². The van der Waals surface area contributed by atoms with Crippen LogP contribution in [0.25, 0.3) is 0 Å². The van der Waals surface area contributed by atoms with Gasteiger partial charge < -0.3 is 14.3 Å². The molecule has 0 aliphatic rings. The van der Waals surface area contributed by atoms with E-state index in [-0.39, 0.29) is 11.3 Å². The van der Waals surface area contributed by atoms with Crippen LogP contribution in [-0.2, 0) is 14.3 Å². The molecule has 0 saturated heterocycles. The third kappa shape index (κ3) is 4.35. The first-order chi connectivity index (χ1) is 6.17. The zero-order valence-corrected chi connectivity index (χ0v) is 9.73. The van der Waals surface area contributed by atoms with Crippen molar-refractivity contribution in [2.24, 2.45) is 0 Å². The first-order valence-electron chi connectivity index (χ1n) is 4.56. The first kappa shape index (κ1) is 12.5. The van der Waals surface area contributed by atoms with Gasteiger partial charge in [0.25, 0.3) is 0 Å². The molecule has 0 fully saturated rings. The highest BCUT2D eigenvalue weighted by atomic mass is 28.3. The Hall–Kier alpha value is -0.453. The van der Waals surface area contributed by atoms with Gasteiger partial charge in [0.05, 0.1) is 0 Å². The minimum atomic E-state index is -1.65. The average molecular weight is 202 g/mol. The summed E-state index contributed by atoms with van der Waals surface area (Å²) in [5.74, 6) is -0.305. The van der Waals surface area contributed by atoms with Crippen LogP contribution in [0.5, 0.6) is 0 Å². The van der Waals surface area contributed by atoms with E-state index in [1.807, 2.05) is 20.4 Å². The van der Waals surface area contributed by atoms with E-state index in [1.165, 1.54) is 6.08 Å². The minimum Gasteiger partial charge on any atom is -0.356 e. The number of allylic oxidation sites excluding steroid dienone is 1. The molecule has 0 heterocycles. The maximum Gasteiger partial charge on any atom is 0.185 e. The summed E-state index contributed by atoms with van der Waals surface area (Å²) in [4.78, 5) is 11.3. The van der Waals surface area contributed by atoms with Crippen LogP contribution in [0.3, 0.4) is 0 Å². The number of hydrogen-bond donors (Lipinski definition) is 0. The molecule has 0 aromatic carbocycles. The Labute approximate surface area is 81.3 Å². The lowest BCUT2D eigenvalue weighted by molar-refractivity contribution is -0.112. The zero-order valence-electron chi connectivity index (χ0n) is 8.58. The Balaban J connectivity index is 4.16. The van der Waals surface area contributed by atoms with Gasteiger partial charge in [-0.1, -0.05) is 13.1 Å². The largest absolute Gasteiger partial charge is 0.356 e. The molecule has 0 bridgehead atoms. The summed E-state index contributed by atoms with van der Waals surface area (Å²) in [6.07, 6.45) is 1.36. The van der Waals surface area contributed by atoms with Crippen LogP contribution in [0.2, 0.25) is 6.55 Å². The molecule has 3 nitrogen and oxygen atoms in total. The lowest BCUT2D eigenvalue weighted by Gasteiger charge is -2.20. The average Bonchev–Trinajstić information content (AvgIpc) is 2.15. The van der Waals surface area contributed by atoms with E-state index in [0.29, 0.717) is 13.2 Å². The van der Waals surface area contributed by atoms with Gasteiger partial charge in [0.15, 0.2) is 8.80 Å². The van der Waals surface area contributed by atoms with Gasteiger partial charge in [-0.15, -0.1) is 0 Å². The van der Waals surface area contributed by atoms with Crippen LogP contribution < -0.4 is 0 Å². The zero-order chi connectivity index (χ0) is 10.3. The molecule has 0 aliphatic carbocycles. The van der Waals surface area contributed by atoms with E-state index >= 15 is 0 Å². The van der Waals surface area contributed by atoms with E-state index in [9.17, 15) is 4.79 Å². The normalized spacial score (nSPS) is 12.9. The smallest absolute Gasteiger partial charge is 0.185 e. The molecule has 0 saturated carbocycles. The molecule has 0 aromatic rings. The van der Waals surface area contributed by atoms with E-state index in [4.69, 9.17) is 9.47 Å². The summed E-state index contributed by atoms with van der Waals surface area (Å²) < 4.78 is 10.7. The lowest BCUT2D eigenvalue weighted by Crippen LogP contribution is -2.39. The van der Waals surface area contributed by atoms with E-state index < -0.39 is 8.80 Å². The van der Waals surface area contributed by atoms with Crippen molar-refractivity contribution in [2.75, 3.05) is 13.2 Å². The van der Waals surface area contributed by atoms with Crippen LogP contribution in [0.15, 0.2) is 12.7 Å². The van der Waals surface area contributed by atoms with Crippen molar-refractivity contribution < 1.29 is 14.3 Å². The Morgan fingerprint density at radius 3 is 2.23 bits per heavy atom. The number of ether oxygens (including phenoxy) is 2. The van der Waals surface area contributed by atoms with Crippen molar-refractivity contribution >= 4 is 14.2 Å². The first-order valence-corrected chi connectivity index (χ1v) is 6.96. The van der Waals surface area contributed by atoms with Crippen LogP contribution in [-0.4, -0.2) is 33.3 Å². The second kappa shape index (κ2) is 7.00. The van der Waals surface area contributed by atoms with Gasteiger partial charge in [-0.3, -0.25) is 0 Å². The highest BCUT2D eigenvalue weighted by molar-refractivity contribution is 6.91. The van der Waals surface area contributed by atoms with Crippen LogP contribution in [0.4, 0.5) is 0 Å². The molecule has 1 atom stereocenters. The molecule has 0 amide bonds. The maximum atomic E-state index is 11.3. The van der Waals surface area contributed by atoms with Gasteiger partial charge in [0.1, 0.15) is 11.3 Å². The van der Waals surface area contributed by atoms with Gasteiger partial charge in [-0.2, -0.15) is 0 Å². The standard InChI is InChI=1S/C9H18O3Si/c1-5-8(10)13(4)9(11-6-2)12-7-3/h5,9,13H,1,6-7H2,2-4H3. The van der Waals surface area contributed by atoms with Crippen molar-refractivity contribution in [1.82, 2.24) is 0 Å². The third-order valence-electron chi connectivity index (χ3n) is 1.72. The van der Waals surface area contributed by atoms with Crippen molar-refractivity contribution in [1.29, 1.82) is 0 Å². The predicted octanol–water partition coefficient (Wildman–Crippen LogP) is 1.08. The SMILES string of the molecule is C=CC(=O)[SiH](C)C(OCC)OCC. The summed E-state index contributed by atoms with van der Waals surface area (Å²) in [7, 11) is -1.65. The van der Waals surface area contributed by atoms with Gasteiger partial charge >= 0.3 is 0 Å². The monoisotopic (exact) mass is 202 g/mol. The molecule has 0 aliphatic heterocycles. The highest BCUT2D eigenvalue weighted by Gasteiger charge is 2.24. The fourth-order valence-electron chi connectivity index (χ4n) is 0.985. The Morgan fingerprint density at radius 2 is 1.92 bits per heavy atom. The molecule has 1 unspecified atom stereocenters. The van der Waals surface area contributed by atoms with E-state index in [2.05, 4.69) is 6.58 Å². The number of carbonyl (C=O) groups excluding carboxylic acids is 1. The fraction of sp³-hybridized carbons (Fsp3) is 0.667. The molecule has 0 spiro atoms. The second-order valence-corrected chi connectivity index (χ2v) is 5.36. The van der Waals surface area contributed by atoms with E-state index in [1.54, 1.807) is 0 Å². The Morgan fingerprint density at radius 1 is 1.46 bits per heavy atom. The number of rotatable bonds is 7. The summed E-state index contributed by atoms with van der Waals surface area (Å²) in [5, 5.41) is 0.0897. The van der Waals surface area contributed by atoms with Crippen molar-refractivity contribution in [2.45, 2.75) is 26.3 Å². The second-order valence-electron chi connectivity index (χ2n) is 2.67. The molecule has 76 valence electrons. The van der Waals surface area contributed by atoms with E-state index in [0.717, 1.165) is 0 Å². The minimum absolute atomic E-state index is 0.0897. The highest BCUT2D eigenvalue weighted by Crippen LogP contribution is 2.02. The topological polar surface area (TPSA) is 35.5 Å². The summed E-state index contributed by atoms with van der Waals surface area (Å²) in [6, 6.07) is 0. The lowest BCUT2D eigenvalue weighted by atomic mass is 10.7. The molecular weight excluding hydrogens is 184 g/mol. The number of carbonyl (C=O) groups is 1. The van der Waals surface area contributed by atoms with Gasteiger partial charge in [-0.05, 0) is 19.9 Å². The summed E-state index contributed by atoms with van der Waals surface area (Å²) in [5.41, 5.74) is 0. The summed E-state index contributed by atoms with van der Waals surface area (Å²) >= 11 is 0. The molecule has 0 aromatic heterocycles. The molecule has 4 heteroatoms. The predicted molar refractivity (Wildman–Crippen MR) is 55.3 cm³/mol. The van der Waals surface area contributed by atoms with Crippen molar-refractivity contribution in [3.05, 3.63) is 12.7 Å². The number of hydrogen-bond acceptors (Lipinski definition) is 3.